The molecular weight excluding hydrogens is 285 g/mol. The minimum Gasteiger partial charge on any atom is -0.369 e. The number of alkyl halides is 3. The minimum absolute atomic E-state index is 0.0403. The number of carbonyl (C=O) groups excluding carboxylic acids is 1. The SMILES string of the molecule is CC1CCNC1C(=O)NC1CCCC(OCC(F)(F)F)C1. The Labute approximate surface area is 122 Å². The molecular formula is C14H23F3N2O2. The van der Waals surface area contributed by atoms with Crippen molar-refractivity contribution in [3.63, 3.8) is 0 Å². The molecule has 4 atom stereocenters. The molecule has 4 nitrogen and oxygen atoms in total. The van der Waals surface area contributed by atoms with Crippen LogP contribution in [0.4, 0.5) is 13.2 Å². The predicted molar refractivity (Wildman–Crippen MR) is 71.8 cm³/mol. The number of carbonyl (C=O) groups is 1. The summed E-state index contributed by atoms with van der Waals surface area (Å²) in [6.07, 6.45) is -1.07. The monoisotopic (exact) mass is 308 g/mol. The summed E-state index contributed by atoms with van der Waals surface area (Å²) in [6, 6.07) is -0.263. The second kappa shape index (κ2) is 6.96. The standard InChI is InChI=1S/C14H23F3N2O2/c1-9-5-6-18-12(9)13(20)19-10-3-2-4-11(7-10)21-8-14(15,16)17/h9-12,18H,2-8H2,1H3,(H,19,20). The Morgan fingerprint density at radius 2 is 2.10 bits per heavy atom. The van der Waals surface area contributed by atoms with Gasteiger partial charge in [0.05, 0.1) is 12.1 Å². The normalized spacial score (nSPS) is 33.9. The molecule has 0 bridgehead atoms. The zero-order valence-corrected chi connectivity index (χ0v) is 12.2. The molecule has 2 aliphatic rings. The van der Waals surface area contributed by atoms with E-state index in [0.29, 0.717) is 18.8 Å². The average molecular weight is 308 g/mol. The molecule has 1 saturated heterocycles. The molecule has 4 unspecified atom stereocenters. The van der Waals surface area contributed by atoms with Gasteiger partial charge in [-0.05, 0) is 44.6 Å². The smallest absolute Gasteiger partial charge is 0.369 e. The van der Waals surface area contributed by atoms with Gasteiger partial charge in [-0.2, -0.15) is 13.2 Å². The Balaban J connectivity index is 1.77. The summed E-state index contributed by atoms with van der Waals surface area (Å²) in [5, 5.41) is 6.12. The molecule has 1 aliphatic carbocycles. The van der Waals surface area contributed by atoms with Crippen molar-refractivity contribution in [3.05, 3.63) is 0 Å². The van der Waals surface area contributed by atoms with Crippen molar-refractivity contribution in [2.75, 3.05) is 13.2 Å². The van der Waals surface area contributed by atoms with Gasteiger partial charge in [0.2, 0.25) is 5.91 Å². The summed E-state index contributed by atoms with van der Waals surface area (Å²) in [5.74, 6) is 0.257. The lowest BCUT2D eigenvalue weighted by molar-refractivity contribution is -0.188. The summed E-state index contributed by atoms with van der Waals surface area (Å²) in [5.41, 5.74) is 0. The third-order valence-electron chi connectivity index (χ3n) is 4.27. The highest BCUT2D eigenvalue weighted by Gasteiger charge is 2.34. The molecule has 0 radical (unpaired) electrons. The Bertz CT molecular complexity index is 363. The lowest BCUT2D eigenvalue weighted by Crippen LogP contribution is -2.49. The Morgan fingerprint density at radius 3 is 2.71 bits per heavy atom. The fourth-order valence-electron chi connectivity index (χ4n) is 3.12. The molecule has 0 spiro atoms. The van der Waals surface area contributed by atoms with Crippen LogP contribution in [0.5, 0.6) is 0 Å². The van der Waals surface area contributed by atoms with Crippen LogP contribution in [0.15, 0.2) is 0 Å². The van der Waals surface area contributed by atoms with Crippen LogP contribution >= 0.6 is 0 Å². The maximum atomic E-state index is 12.2. The molecule has 1 aliphatic heterocycles. The quantitative estimate of drug-likeness (QED) is 0.835. The molecule has 2 rings (SSSR count). The van der Waals surface area contributed by atoms with E-state index in [1.807, 2.05) is 6.92 Å². The summed E-state index contributed by atoms with van der Waals surface area (Å²) in [6.45, 7) is 1.65. The first-order chi connectivity index (χ1) is 9.85. The lowest BCUT2D eigenvalue weighted by Gasteiger charge is -2.31. The Morgan fingerprint density at radius 1 is 1.33 bits per heavy atom. The van der Waals surface area contributed by atoms with Gasteiger partial charge in [-0.25, -0.2) is 0 Å². The molecule has 2 N–H and O–H groups in total. The van der Waals surface area contributed by atoms with Gasteiger partial charge >= 0.3 is 6.18 Å². The van der Waals surface area contributed by atoms with Gasteiger partial charge in [0.25, 0.3) is 0 Å². The van der Waals surface area contributed by atoms with E-state index in [0.717, 1.165) is 25.8 Å². The number of amides is 1. The maximum Gasteiger partial charge on any atom is 0.411 e. The molecule has 7 heteroatoms. The average Bonchev–Trinajstić information content (AvgIpc) is 2.82. The van der Waals surface area contributed by atoms with Crippen molar-refractivity contribution in [3.8, 4) is 0 Å². The number of hydrogen-bond donors (Lipinski definition) is 2. The molecule has 1 amide bonds. The molecule has 0 aromatic heterocycles. The second-order valence-corrected chi connectivity index (χ2v) is 6.12. The maximum absolute atomic E-state index is 12.2. The Kier molecular flexibility index (Phi) is 5.48. The van der Waals surface area contributed by atoms with Crippen molar-refractivity contribution < 1.29 is 22.7 Å². The van der Waals surface area contributed by atoms with Crippen LogP contribution in [-0.2, 0) is 9.53 Å². The molecule has 2 fully saturated rings. The second-order valence-electron chi connectivity index (χ2n) is 6.12. The van der Waals surface area contributed by atoms with Crippen LogP contribution < -0.4 is 10.6 Å². The highest BCUT2D eigenvalue weighted by Crippen LogP contribution is 2.24. The van der Waals surface area contributed by atoms with Crippen molar-refractivity contribution in [2.45, 2.75) is 63.4 Å². The zero-order valence-electron chi connectivity index (χ0n) is 12.2. The number of rotatable bonds is 4. The summed E-state index contributed by atoms with van der Waals surface area (Å²) in [4.78, 5) is 12.2. The molecule has 0 aromatic rings. The van der Waals surface area contributed by atoms with Crippen molar-refractivity contribution in [1.82, 2.24) is 10.6 Å². The van der Waals surface area contributed by atoms with Crippen molar-refractivity contribution >= 4 is 5.91 Å². The van der Waals surface area contributed by atoms with Gasteiger partial charge in [-0.15, -0.1) is 0 Å². The van der Waals surface area contributed by atoms with Gasteiger partial charge in [-0.1, -0.05) is 6.92 Å². The van der Waals surface area contributed by atoms with E-state index in [9.17, 15) is 18.0 Å². The third-order valence-corrected chi connectivity index (χ3v) is 4.27. The van der Waals surface area contributed by atoms with Gasteiger partial charge in [0, 0.05) is 6.04 Å². The van der Waals surface area contributed by atoms with E-state index in [4.69, 9.17) is 4.74 Å². The van der Waals surface area contributed by atoms with Gasteiger partial charge in [0.15, 0.2) is 0 Å². The van der Waals surface area contributed by atoms with Crippen LogP contribution in [0.2, 0.25) is 0 Å². The molecule has 122 valence electrons. The van der Waals surface area contributed by atoms with Crippen molar-refractivity contribution in [1.29, 1.82) is 0 Å². The molecule has 21 heavy (non-hydrogen) atoms. The van der Waals surface area contributed by atoms with E-state index in [1.165, 1.54) is 0 Å². The molecule has 1 heterocycles. The number of nitrogens with one attached hydrogen (secondary N) is 2. The van der Waals surface area contributed by atoms with Gasteiger partial charge in [0.1, 0.15) is 6.61 Å². The zero-order chi connectivity index (χ0) is 15.5. The first-order valence-corrected chi connectivity index (χ1v) is 7.57. The van der Waals surface area contributed by atoms with E-state index in [1.54, 1.807) is 0 Å². The van der Waals surface area contributed by atoms with Crippen LogP contribution in [0.3, 0.4) is 0 Å². The van der Waals surface area contributed by atoms with E-state index in [-0.39, 0.29) is 18.0 Å². The van der Waals surface area contributed by atoms with Crippen LogP contribution in [0, 0.1) is 5.92 Å². The fraction of sp³-hybridized carbons (Fsp3) is 0.929. The van der Waals surface area contributed by atoms with Gasteiger partial charge < -0.3 is 15.4 Å². The van der Waals surface area contributed by atoms with Crippen LogP contribution in [0.1, 0.15) is 39.0 Å². The lowest BCUT2D eigenvalue weighted by atomic mass is 9.92. The fourth-order valence-corrected chi connectivity index (χ4v) is 3.12. The highest BCUT2D eigenvalue weighted by atomic mass is 19.4. The number of halogens is 3. The van der Waals surface area contributed by atoms with Gasteiger partial charge in [-0.3, -0.25) is 4.79 Å². The Hall–Kier alpha value is -0.820. The number of ether oxygens (including phenoxy) is 1. The summed E-state index contributed by atoms with van der Waals surface area (Å²) < 4.78 is 41.4. The molecule has 1 saturated carbocycles. The topological polar surface area (TPSA) is 50.4 Å². The molecule has 0 aromatic carbocycles. The summed E-state index contributed by atoms with van der Waals surface area (Å²) in [7, 11) is 0. The highest BCUT2D eigenvalue weighted by molar-refractivity contribution is 5.82. The third kappa shape index (κ3) is 5.14. The minimum atomic E-state index is -4.29. The first kappa shape index (κ1) is 16.5. The first-order valence-electron chi connectivity index (χ1n) is 7.57. The van der Waals surface area contributed by atoms with Crippen LogP contribution in [-0.4, -0.2) is 43.4 Å². The van der Waals surface area contributed by atoms with Crippen molar-refractivity contribution in [2.24, 2.45) is 5.92 Å². The van der Waals surface area contributed by atoms with E-state index < -0.39 is 18.9 Å². The van der Waals surface area contributed by atoms with E-state index >= 15 is 0 Å². The van der Waals surface area contributed by atoms with E-state index in [2.05, 4.69) is 10.6 Å². The largest absolute Gasteiger partial charge is 0.411 e. The van der Waals surface area contributed by atoms with Crippen LogP contribution in [0.25, 0.3) is 0 Å². The predicted octanol–water partition coefficient (Wildman–Crippen LogP) is 1.99. The summed E-state index contributed by atoms with van der Waals surface area (Å²) >= 11 is 0. The number of hydrogen-bond acceptors (Lipinski definition) is 3.